The van der Waals surface area contributed by atoms with Crippen LogP contribution in [0.15, 0.2) is 27.6 Å². The van der Waals surface area contributed by atoms with Gasteiger partial charge >= 0.3 is 0 Å². The van der Waals surface area contributed by atoms with Crippen LogP contribution in [0, 0.1) is 0 Å². The molecule has 1 aromatic rings. The second kappa shape index (κ2) is 8.59. The Balaban J connectivity index is 2.49. The number of hydrogen-bond acceptors (Lipinski definition) is 3. The first-order chi connectivity index (χ1) is 8.97. The molecule has 0 bridgehead atoms. The number of nitrogens with one attached hydrogen (secondary N) is 1. The number of hydrogen-bond donors (Lipinski definition) is 1. The van der Waals surface area contributed by atoms with Crippen molar-refractivity contribution < 1.29 is 13.2 Å². The third kappa shape index (κ3) is 6.10. The average Bonchev–Trinajstić information content (AvgIpc) is 2.36. The molecular formula is C11H14Br2ClNO3S. The molecule has 0 aliphatic carbocycles. The topological polar surface area (TPSA) is 55.4 Å². The molecule has 0 aliphatic heterocycles. The summed E-state index contributed by atoms with van der Waals surface area (Å²) in [6.07, 6.45) is 0.626. The van der Waals surface area contributed by atoms with Crippen LogP contribution in [-0.4, -0.2) is 33.5 Å². The van der Waals surface area contributed by atoms with Crippen molar-refractivity contribution in [2.45, 2.75) is 11.3 Å². The third-order valence-electron chi connectivity index (χ3n) is 2.18. The van der Waals surface area contributed by atoms with Crippen LogP contribution in [0.2, 0.25) is 5.02 Å². The molecule has 0 saturated carbocycles. The third-order valence-corrected chi connectivity index (χ3v) is 5.18. The molecule has 4 nitrogen and oxygen atoms in total. The molecule has 0 unspecified atom stereocenters. The summed E-state index contributed by atoms with van der Waals surface area (Å²) in [5.74, 6) is 0. The number of sulfonamides is 1. The monoisotopic (exact) mass is 433 g/mol. The van der Waals surface area contributed by atoms with Gasteiger partial charge in [-0.15, -0.1) is 0 Å². The summed E-state index contributed by atoms with van der Waals surface area (Å²) >= 11 is 12.3. The summed E-state index contributed by atoms with van der Waals surface area (Å²) in [7, 11) is -3.50. The van der Waals surface area contributed by atoms with E-state index in [0.717, 1.165) is 5.33 Å². The first-order valence-electron chi connectivity index (χ1n) is 5.56. The molecular weight excluding hydrogens is 421 g/mol. The van der Waals surface area contributed by atoms with Crippen molar-refractivity contribution in [2.75, 3.05) is 25.1 Å². The fourth-order valence-electron chi connectivity index (χ4n) is 1.26. The number of benzene rings is 1. The zero-order valence-corrected chi connectivity index (χ0v) is 14.8. The van der Waals surface area contributed by atoms with Crippen molar-refractivity contribution in [3.8, 4) is 0 Å². The van der Waals surface area contributed by atoms with Gasteiger partial charge < -0.3 is 4.74 Å². The van der Waals surface area contributed by atoms with Crippen LogP contribution in [0.1, 0.15) is 6.42 Å². The van der Waals surface area contributed by atoms with Crippen molar-refractivity contribution in [1.29, 1.82) is 0 Å². The molecule has 1 aromatic carbocycles. The normalized spacial score (nSPS) is 11.7. The minimum atomic E-state index is -3.50. The lowest BCUT2D eigenvalue weighted by Crippen LogP contribution is -2.25. The lowest BCUT2D eigenvalue weighted by atomic mass is 10.4. The Labute approximate surface area is 135 Å². The van der Waals surface area contributed by atoms with Crippen molar-refractivity contribution in [1.82, 2.24) is 4.72 Å². The first-order valence-corrected chi connectivity index (χ1v) is 9.33. The first kappa shape index (κ1) is 17.4. The summed E-state index contributed by atoms with van der Waals surface area (Å²) in [4.78, 5) is 0.185. The molecule has 0 spiro atoms. The number of rotatable bonds is 8. The van der Waals surface area contributed by atoms with Crippen molar-refractivity contribution in [3.63, 3.8) is 0 Å². The van der Waals surface area contributed by atoms with Crippen LogP contribution in [0.5, 0.6) is 0 Å². The summed E-state index contributed by atoms with van der Waals surface area (Å²) in [6, 6.07) is 4.49. The van der Waals surface area contributed by atoms with E-state index in [2.05, 4.69) is 36.6 Å². The Morgan fingerprint density at radius 3 is 2.68 bits per heavy atom. The summed E-state index contributed by atoms with van der Waals surface area (Å²) in [6.45, 7) is 1.49. The predicted molar refractivity (Wildman–Crippen MR) is 83.6 cm³/mol. The van der Waals surface area contributed by atoms with Gasteiger partial charge in [-0.25, -0.2) is 13.1 Å². The van der Waals surface area contributed by atoms with E-state index in [1.807, 2.05) is 0 Å². The molecule has 0 atom stereocenters. The van der Waals surface area contributed by atoms with Gasteiger partial charge in [-0.3, -0.25) is 0 Å². The van der Waals surface area contributed by atoms with Gasteiger partial charge in [0.1, 0.15) is 0 Å². The zero-order valence-electron chi connectivity index (χ0n) is 10.0. The maximum atomic E-state index is 12.0. The standard InChI is InChI=1S/C11H14Br2ClNO3S/c12-4-7-18-6-1-5-15-19(16,17)9-2-3-11(14)10(13)8-9/h2-3,8,15H,1,4-7H2. The van der Waals surface area contributed by atoms with E-state index >= 15 is 0 Å². The summed E-state index contributed by atoms with van der Waals surface area (Å²) in [5.41, 5.74) is 0. The van der Waals surface area contributed by atoms with Crippen molar-refractivity contribution in [2.24, 2.45) is 0 Å². The Bertz CT molecular complexity index is 511. The largest absolute Gasteiger partial charge is 0.381 e. The maximum absolute atomic E-state index is 12.0. The Morgan fingerprint density at radius 1 is 1.32 bits per heavy atom. The van der Waals surface area contributed by atoms with E-state index in [-0.39, 0.29) is 4.90 Å². The molecule has 0 radical (unpaired) electrons. The van der Waals surface area contributed by atoms with Crippen LogP contribution in [0.25, 0.3) is 0 Å². The number of ether oxygens (including phenoxy) is 1. The highest BCUT2D eigenvalue weighted by atomic mass is 79.9. The SMILES string of the molecule is O=S(=O)(NCCCOCCBr)c1ccc(Cl)c(Br)c1. The fraction of sp³-hybridized carbons (Fsp3) is 0.455. The highest BCUT2D eigenvalue weighted by Gasteiger charge is 2.14. The minimum absolute atomic E-state index is 0.185. The van der Waals surface area contributed by atoms with Gasteiger partial charge in [-0.1, -0.05) is 27.5 Å². The van der Waals surface area contributed by atoms with Gasteiger partial charge in [0.05, 0.1) is 16.5 Å². The summed E-state index contributed by atoms with van der Waals surface area (Å²) in [5, 5.41) is 1.25. The van der Waals surface area contributed by atoms with E-state index in [1.54, 1.807) is 6.07 Å². The fourth-order valence-corrected chi connectivity index (χ4v) is 3.24. The molecule has 0 aliphatic rings. The molecule has 8 heteroatoms. The lowest BCUT2D eigenvalue weighted by Gasteiger charge is -2.08. The molecule has 108 valence electrons. The molecule has 19 heavy (non-hydrogen) atoms. The van der Waals surface area contributed by atoms with Crippen LogP contribution in [-0.2, 0) is 14.8 Å². The van der Waals surface area contributed by atoms with E-state index in [1.165, 1.54) is 12.1 Å². The molecule has 0 heterocycles. The highest BCUT2D eigenvalue weighted by Crippen LogP contribution is 2.25. The van der Waals surface area contributed by atoms with Gasteiger partial charge in [0.25, 0.3) is 0 Å². The van der Waals surface area contributed by atoms with Crippen molar-refractivity contribution >= 4 is 53.5 Å². The Hall–Kier alpha value is 0.340. The minimum Gasteiger partial charge on any atom is -0.381 e. The molecule has 0 fully saturated rings. The van der Waals surface area contributed by atoms with Gasteiger partial charge in [-0.2, -0.15) is 0 Å². The van der Waals surface area contributed by atoms with Crippen LogP contribution in [0.3, 0.4) is 0 Å². The van der Waals surface area contributed by atoms with Gasteiger partial charge in [0.15, 0.2) is 0 Å². The summed E-state index contributed by atoms with van der Waals surface area (Å²) < 4.78 is 32.2. The quantitative estimate of drug-likeness (QED) is 0.504. The van der Waals surface area contributed by atoms with E-state index < -0.39 is 10.0 Å². The van der Waals surface area contributed by atoms with Gasteiger partial charge in [0, 0.05) is 23.0 Å². The van der Waals surface area contributed by atoms with Crippen LogP contribution >= 0.6 is 43.5 Å². The Morgan fingerprint density at radius 2 is 2.05 bits per heavy atom. The second-order valence-electron chi connectivity index (χ2n) is 3.63. The molecule has 0 saturated heterocycles. The van der Waals surface area contributed by atoms with Crippen molar-refractivity contribution in [3.05, 3.63) is 27.7 Å². The van der Waals surface area contributed by atoms with E-state index in [9.17, 15) is 8.42 Å². The molecule has 1 N–H and O–H groups in total. The number of halogens is 3. The average molecular weight is 436 g/mol. The Kier molecular flexibility index (Phi) is 7.86. The van der Waals surface area contributed by atoms with Crippen LogP contribution < -0.4 is 4.72 Å². The molecule has 0 aromatic heterocycles. The number of alkyl halides is 1. The smallest absolute Gasteiger partial charge is 0.240 e. The lowest BCUT2D eigenvalue weighted by molar-refractivity contribution is 0.149. The zero-order chi connectivity index (χ0) is 14.3. The highest BCUT2D eigenvalue weighted by molar-refractivity contribution is 9.10. The van der Waals surface area contributed by atoms with Gasteiger partial charge in [0.2, 0.25) is 10.0 Å². The molecule has 0 amide bonds. The predicted octanol–water partition coefficient (Wildman–Crippen LogP) is 3.18. The van der Waals surface area contributed by atoms with E-state index in [4.69, 9.17) is 16.3 Å². The maximum Gasteiger partial charge on any atom is 0.240 e. The van der Waals surface area contributed by atoms with E-state index in [0.29, 0.717) is 35.7 Å². The molecule has 1 rings (SSSR count). The second-order valence-corrected chi connectivity index (χ2v) is 7.45. The van der Waals surface area contributed by atoms with Crippen LogP contribution in [0.4, 0.5) is 0 Å². The van der Waals surface area contributed by atoms with Gasteiger partial charge in [-0.05, 0) is 40.5 Å².